The van der Waals surface area contributed by atoms with Gasteiger partial charge in [-0.3, -0.25) is 9.59 Å². The summed E-state index contributed by atoms with van der Waals surface area (Å²) < 4.78 is 16.4. The lowest BCUT2D eigenvalue weighted by Crippen LogP contribution is -2.49. The standard InChI is InChI=1S/C20H23NO6S/c1-12(23)17-6-7-18(28-17)20(24)21-8-9-27-16(11-22)19(21)13-4-5-14(25-2)15(10-13)26-3/h4-7,10,16,19,22H,8-9,11H2,1-3H3/t16-,19-/m1/s1. The normalized spacial score (nSPS) is 19.4. The summed E-state index contributed by atoms with van der Waals surface area (Å²) in [5, 5.41) is 9.84. The van der Waals surface area contributed by atoms with Gasteiger partial charge in [-0.15, -0.1) is 11.3 Å². The predicted molar refractivity (Wildman–Crippen MR) is 104 cm³/mol. The Bertz CT molecular complexity index is 864. The van der Waals surface area contributed by atoms with Gasteiger partial charge in [-0.2, -0.15) is 0 Å². The predicted octanol–water partition coefficient (Wildman–Crippen LogP) is 2.54. The Balaban J connectivity index is 1.98. The second-order valence-corrected chi connectivity index (χ2v) is 7.45. The lowest BCUT2D eigenvalue weighted by atomic mass is 9.97. The lowest BCUT2D eigenvalue weighted by molar-refractivity contribution is -0.0810. The van der Waals surface area contributed by atoms with E-state index in [1.165, 1.54) is 18.3 Å². The van der Waals surface area contributed by atoms with Crippen LogP contribution in [0, 0.1) is 0 Å². The van der Waals surface area contributed by atoms with Gasteiger partial charge < -0.3 is 24.2 Å². The third-order valence-corrected chi connectivity index (χ3v) is 5.88. The molecule has 1 saturated heterocycles. The summed E-state index contributed by atoms with van der Waals surface area (Å²) in [7, 11) is 3.09. The molecule has 150 valence electrons. The molecule has 2 aromatic rings. The van der Waals surface area contributed by atoms with E-state index < -0.39 is 12.1 Å². The summed E-state index contributed by atoms with van der Waals surface area (Å²) in [6.45, 7) is 1.95. The van der Waals surface area contributed by atoms with E-state index in [4.69, 9.17) is 14.2 Å². The maximum absolute atomic E-state index is 13.2. The first-order valence-electron chi connectivity index (χ1n) is 8.86. The number of hydrogen-bond donors (Lipinski definition) is 1. The largest absolute Gasteiger partial charge is 0.493 e. The molecule has 0 spiro atoms. The maximum Gasteiger partial charge on any atom is 0.264 e. The number of thiophene rings is 1. The Hall–Kier alpha value is -2.42. The molecule has 1 aromatic heterocycles. The number of carbonyl (C=O) groups is 2. The number of methoxy groups -OCH3 is 2. The lowest BCUT2D eigenvalue weighted by Gasteiger charge is -2.40. The number of nitrogens with zero attached hydrogens (tertiary/aromatic N) is 1. The Morgan fingerprint density at radius 1 is 1.18 bits per heavy atom. The van der Waals surface area contributed by atoms with Crippen LogP contribution in [-0.2, 0) is 4.74 Å². The van der Waals surface area contributed by atoms with E-state index in [0.717, 1.165) is 5.56 Å². The second-order valence-electron chi connectivity index (χ2n) is 6.37. The monoisotopic (exact) mass is 405 g/mol. The van der Waals surface area contributed by atoms with Crippen LogP contribution in [0.2, 0.25) is 0 Å². The molecule has 0 bridgehead atoms. The third kappa shape index (κ3) is 3.89. The van der Waals surface area contributed by atoms with Crippen LogP contribution in [0.4, 0.5) is 0 Å². The molecule has 28 heavy (non-hydrogen) atoms. The van der Waals surface area contributed by atoms with Crippen LogP contribution in [0.3, 0.4) is 0 Å². The Morgan fingerprint density at radius 2 is 1.89 bits per heavy atom. The van der Waals surface area contributed by atoms with Crippen molar-refractivity contribution in [1.82, 2.24) is 4.90 Å². The molecule has 1 aromatic carbocycles. The van der Waals surface area contributed by atoms with Crippen LogP contribution in [0.15, 0.2) is 30.3 Å². The molecule has 1 aliphatic heterocycles. The van der Waals surface area contributed by atoms with Crippen LogP contribution < -0.4 is 9.47 Å². The quantitative estimate of drug-likeness (QED) is 0.744. The molecule has 0 aliphatic carbocycles. The molecule has 7 nitrogen and oxygen atoms in total. The number of morpholine rings is 1. The number of Topliss-reactive ketones (excluding diaryl/α,β-unsaturated/α-hetero) is 1. The average Bonchev–Trinajstić information content (AvgIpc) is 3.22. The highest BCUT2D eigenvalue weighted by Crippen LogP contribution is 2.36. The molecule has 1 aliphatic rings. The second kappa shape index (κ2) is 8.72. The molecule has 1 amide bonds. The van der Waals surface area contributed by atoms with Crippen LogP contribution in [0.5, 0.6) is 11.5 Å². The van der Waals surface area contributed by atoms with Crippen molar-refractivity contribution in [2.45, 2.75) is 19.1 Å². The van der Waals surface area contributed by atoms with Crippen molar-refractivity contribution < 1.29 is 28.9 Å². The third-order valence-electron chi connectivity index (χ3n) is 4.71. The number of hydrogen-bond acceptors (Lipinski definition) is 7. The number of aliphatic hydroxyl groups excluding tert-OH is 1. The fourth-order valence-electron chi connectivity index (χ4n) is 3.33. The molecular formula is C20H23NO6S. The van der Waals surface area contributed by atoms with Crippen molar-refractivity contribution in [2.75, 3.05) is 34.0 Å². The van der Waals surface area contributed by atoms with Gasteiger partial charge in [-0.05, 0) is 36.8 Å². The van der Waals surface area contributed by atoms with Crippen molar-refractivity contribution in [3.8, 4) is 11.5 Å². The fourth-order valence-corrected chi connectivity index (χ4v) is 4.19. The molecule has 1 fully saturated rings. The zero-order chi connectivity index (χ0) is 20.3. The molecule has 3 rings (SSSR count). The topological polar surface area (TPSA) is 85.3 Å². The first-order chi connectivity index (χ1) is 13.5. The van der Waals surface area contributed by atoms with Crippen LogP contribution in [0.25, 0.3) is 0 Å². The van der Waals surface area contributed by atoms with Crippen LogP contribution in [-0.4, -0.2) is 61.8 Å². The fraction of sp³-hybridized carbons (Fsp3) is 0.400. The SMILES string of the molecule is COc1ccc([C@@H]2[C@@H](CO)OCCN2C(=O)c2ccc(C(C)=O)s2)cc1OC. The van der Waals surface area contributed by atoms with Crippen molar-refractivity contribution >= 4 is 23.0 Å². The number of rotatable bonds is 6. The first-order valence-corrected chi connectivity index (χ1v) is 9.68. The summed E-state index contributed by atoms with van der Waals surface area (Å²) in [6.07, 6.45) is -0.567. The van der Waals surface area contributed by atoms with Crippen molar-refractivity contribution in [3.63, 3.8) is 0 Å². The summed E-state index contributed by atoms with van der Waals surface area (Å²) in [5.74, 6) is 0.838. The number of amides is 1. The van der Waals surface area contributed by atoms with Crippen molar-refractivity contribution in [1.29, 1.82) is 0 Å². The zero-order valence-electron chi connectivity index (χ0n) is 16.0. The van der Waals surface area contributed by atoms with Crippen LogP contribution >= 0.6 is 11.3 Å². The van der Waals surface area contributed by atoms with Crippen molar-refractivity contribution in [2.24, 2.45) is 0 Å². The molecule has 2 atom stereocenters. The smallest absolute Gasteiger partial charge is 0.264 e. The molecule has 1 N–H and O–H groups in total. The van der Waals surface area contributed by atoms with E-state index in [-0.39, 0.29) is 18.3 Å². The molecule has 0 saturated carbocycles. The average molecular weight is 405 g/mol. The van der Waals surface area contributed by atoms with E-state index in [1.54, 1.807) is 43.4 Å². The highest BCUT2D eigenvalue weighted by atomic mass is 32.1. The van der Waals surface area contributed by atoms with E-state index in [1.807, 2.05) is 6.07 Å². The summed E-state index contributed by atoms with van der Waals surface area (Å²) >= 11 is 1.17. The number of aliphatic hydroxyl groups is 1. The van der Waals surface area contributed by atoms with Gasteiger partial charge in [-0.25, -0.2) is 0 Å². The van der Waals surface area contributed by atoms with E-state index in [2.05, 4.69) is 0 Å². The van der Waals surface area contributed by atoms with Gasteiger partial charge in [0.05, 0.1) is 43.2 Å². The first kappa shape index (κ1) is 20.3. The van der Waals surface area contributed by atoms with Gasteiger partial charge in [-0.1, -0.05) is 6.07 Å². The highest BCUT2D eigenvalue weighted by molar-refractivity contribution is 7.15. The minimum Gasteiger partial charge on any atom is -0.493 e. The number of ether oxygens (including phenoxy) is 3. The van der Waals surface area contributed by atoms with Gasteiger partial charge in [0.15, 0.2) is 17.3 Å². The molecule has 0 unspecified atom stereocenters. The van der Waals surface area contributed by atoms with E-state index in [9.17, 15) is 14.7 Å². The van der Waals surface area contributed by atoms with Gasteiger partial charge in [0.1, 0.15) is 6.10 Å². The molecule has 2 heterocycles. The minimum absolute atomic E-state index is 0.0734. The number of ketones is 1. The summed E-state index contributed by atoms with van der Waals surface area (Å²) in [5.41, 5.74) is 0.771. The Labute approximate surface area is 167 Å². The number of carbonyl (C=O) groups excluding carboxylic acids is 2. The summed E-state index contributed by atoms with van der Waals surface area (Å²) in [6, 6.07) is 8.22. The van der Waals surface area contributed by atoms with Gasteiger partial charge in [0, 0.05) is 6.54 Å². The van der Waals surface area contributed by atoms with Crippen molar-refractivity contribution in [3.05, 3.63) is 45.6 Å². The van der Waals surface area contributed by atoms with Gasteiger partial charge >= 0.3 is 0 Å². The van der Waals surface area contributed by atoms with Gasteiger partial charge in [0.25, 0.3) is 5.91 Å². The molecule has 8 heteroatoms. The minimum atomic E-state index is -0.567. The highest BCUT2D eigenvalue weighted by Gasteiger charge is 2.37. The van der Waals surface area contributed by atoms with E-state index in [0.29, 0.717) is 34.4 Å². The van der Waals surface area contributed by atoms with Gasteiger partial charge in [0.2, 0.25) is 0 Å². The molecular weight excluding hydrogens is 382 g/mol. The Kier molecular flexibility index (Phi) is 6.33. The Morgan fingerprint density at radius 3 is 2.50 bits per heavy atom. The summed E-state index contributed by atoms with van der Waals surface area (Å²) in [4.78, 5) is 27.5. The molecule has 0 radical (unpaired) electrons. The van der Waals surface area contributed by atoms with Crippen LogP contribution in [0.1, 0.15) is 37.9 Å². The zero-order valence-corrected chi connectivity index (χ0v) is 16.8. The maximum atomic E-state index is 13.2. The van der Waals surface area contributed by atoms with E-state index >= 15 is 0 Å². The number of benzene rings is 1.